The van der Waals surface area contributed by atoms with E-state index in [1.54, 1.807) is 6.21 Å². The topological polar surface area (TPSA) is 50.7 Å². The highest BCUT2D eigenvalue weighted by Gasteiger charge is 2.06. The van der Waals surface area contributed by atoms with Crippen molar-refractivity contribution in [2.45, 2.75) is 26.9 Å². The molecule has 0 saturated carbocycles. The molecule has 0 aliphatic carbocycles. The predicted octanol–water partition coefficient (Wildman–Crippen LogP) is 5.34. The fourth-order valence-corrected chi connectivity index (χ4v) is 3.40. The van der Waals surface area contributed by atoms with Gasteiger partial charge in [0.05, 0.1) is 17.1 Å². The molecule has 148 valence electrons. The normalized spacial score (nSPS) is 10.9. The van der Waals surface area contributed by atoms with E-state index in [4.69, 9.17) is 4.74 Å². The van der Waals surface area contributed by atoms with Crippen molar-refractivity contribution in [2.75, 3.05) is 0 Å². The highest BCUT2D eigenvalue weighted by Crippen LogP contribution is 2.26. The van der Waals surface area contributed by atoms with Gasteiger partial charge in [-0.05, 0) is 70.2 Å². The van der Waals surface area contributed by atoms with Gasteiger partial charge in [-0.25, -0.2) is 5.43 Å². The van der Waals surface area contributed by atoms with Crippen molar-refractivity contribution in [3.8, 4) is 5.75 Å². The predicted molar refractivity (Wildman–Crippen MR) is 120 cm³/mol. The maximum atomic E-state index is 12.1. The Labute approximate surface area is 179 Å². The highest BCUT2D eigenvalue weighted by molar-refractivity contribution is 9.10. The van der Waals surface area contributed by atoms with Crippen molar-refractivity contribution < 1.29 is 9.53 Å². The molecular weight excluding hydrogens is 428 g/mol. The van der Waals surface area contributed by atoms with E-state index in [9.17, 15) is 4.79 Å². The average Bonchev–Trinajstić information content (AvgIpc) is 2.70. The van der Waals surface area contributed by atoms with E-state index < -0.39 is 0 Å². The lowest BCUT2D eigenvalue weighted by molar-refractivity contribution is -0.120. The molecule has 0 aromatic heterocycles. The third-order valence-electron chi connectivity index (χ3n) is 4.45. The van der Waals surface area contributed by atoms with E-state index in [2.05, 4.69) is 32.5 Å². The Bertz CT molecular complexity index is 1020. The van der Waals surface area contributed by atoms with Crippen LogP contribution in [-0.4, -0.2) is 12.1 Å². The van der Waals surface area contributed by atoms with Crippen LogP contribution in [0.4, 0.5) is 0 Å². The van der Waals surface area contributed by atoms with Crippen molar-refractivity contribution in [3.05, 3.63) is 99.0 Å². The molecule has 3 rings (SSSR count). The van der Waals surface area contributed by atoms with Gasteiger partial charge < -0.3 is 4.74 Å². The van der Waals surface area contributed by atoms with Crippen LogP contribution in [0.3, 0.4) is 0 Å². The summed E-state index contributed by atoms with van der Waals surface area (Å²) in [5, 5.41) is 4.06. The smallest absolute Gasteiger partial charge is 0.244 e. The molecule has 0 atom stereocenters. The molecule has 4 nitrogen and oxygen atoms in total. The number of carbonyl (C=O) groups excluding carboxylic acids is 1. The van der Waals surface area contributed by atoms with Crippen molar-refractivity contribution in [1.29, 1.82) is 0 Å². The van der Waals surface area contributed by atoms with E-state index in [-0.39, 0.29) is 5.91 Å². The van der Waals surface area contributed by atoms with Gasteiger partial charge in [-0.1, -0.05) is 54.1 Å². The third-order valence-corrected chi connectivity index (χ3v) is 5.06. The molecule has 1 amide bonds. The van der Waals surface area contributed by atoms with E-state index in [1.165, 1.54) is 5.56 Å². The number of aryl methyl sites for hydroxylation is 2. The summed E-state index contributed by atoms with van der Waals surface area (Å²) in [7, 11) is 0. The largest absolute Gasteiger partial charge is 0.488 e. The van der Waals surface area contributed by atoms with E-state index in [0.29, 0.717) is 13.0 Å². The first-order valence-electron chi connectivity index (χ1n) is 9.35. The number of halogens is 1. The first-order chi connectivity index (χ1) is 14.0. The standard InChI is InChI=1S/C24H23BrN2O2/c1-17-8-10-21(18(2)12-17)14-24(28)27-26-15-20-9-11-23(22(25)13-20)29-16-19-6-4-3-5-7-19/h3-13,15H,14,16H2,1-2H3,(H,27,28)/b26-15+. The number of hydrogen-bond donors (Lipinski definition) is 1. The summed E-state index contributed by atoms with van der Waals surface area (Å²) < 4.78 is 6.68. The zero-order valence-electron chi connectivity index (χ0n) is 16.5. The first kappa shape index (κ1) is 20.8. The molecule has 3 aromatic rings. The molecule has 29 heavy (non-hydrogen) atoms. The molecule has 0 spiro atoms. The van der Waals surface area contributed by atoms with Gasteiger partial charge in [0, 0.05) is 0 Å². The van der Waals surface area contributed by atoms with Crippen LogP contribution in [0.5, 0.6) is 5.75 Å². The second kappa shape index (κ2) is 10.0. The molecule has 5 heteroatoms. The summed E-state index contributed by atoms with van der Waals surface area (Å²) in [6.07, 6.45) is 1.92. The van der Waals surface area contributed by atoms with Crippen LogP contribution in [-0.2, 0) is 17.8 Å². The lowest BCUT2D eigenvalue weighted by Crippen LogP contribution is -2.20. The second-order valence-corrected chi connectivity index (χ2v) is 7.72. The summed E-state index contributed by atoms with van der Waals surface area (Å²) in [4.78, 5) is 12.1. The molecule has 0 aliphatic heterocycles. The van der Waals surface area contributed by atoms with Crippen LogP contribution in [0, 0.1) is 13.8 Å². The number of benzene rings is 3. The second-order valence-electron chi connectivity index (χ2n) is 6.86. The first-order valence-corrected chi connectivity index (χ1v) is 10.1. The Morgan fingerprint density at radius 1 is 1.07 bits per heavy atom. The number of hydrazone groups is 1. The van der Waals surface area contributed by atoms with Crippen LogP contribution in [0.2, 0.25) is 0 Å². The van der Waals surface area contributed by atoms with Crippen molar-refractivity contribution in [2.24, 2.45) is 5.10 Å². The van der Waals surface area contributed by atoms with E-state index >= 15 is 0 Å². The maximum Gasteiger partial charge on any atom is 0.244 e. The molecule has 1 N–H and O–H groups in total. The van der Waals surface area contributed by atoms with Gasteiger partial charge in [-0.2, -0.15) is 5.10 Å². The van der Waals surface area contributed by atoms with Gasteiger partial charge in [-0.15, -0.1) is 0 Å². The average molecular weight is 451 g/mol. The summed E-state index contributed by atoms with van der Waals surface area (Å²) in [5.74, 6) is 0.611. The number of nitrogens with one attached hydrogen (secondary N) is 1. The number of carbonyl (C=O) groups is 1. The summed E-state index contributed by atoms with van der Waals surface area (Å²) >= 11 is 3.53. The van der Waals surface area contributed by atoms with Gasteiger partial charge in [0.15, 0.2) is 0 Å². The Balaban J connectivity index is 1.53. The lowest BCUT2D eigenvalue weighted by atomic mass is 10.0. The number of amides is 1. The van der Waals surface area contributed by atoms with E-state index in [1.807, 2.05) is 74.5 Å². The minimum atomic E-state index is -0.143. The van der Waals surface area contributed by atoms with Crippen LogP contribution in [0.25, 0.3) is 0 Å². The Kier molecular flexibility index (Phi) is 7.19. The van der Waals surface area contributed by atoms with Gasteiger partial charge in [0.2, 0.25) is 5.91 Å². The summed E-state index contributed by atoms with van der Waals surface area (Å²) in [6.45, 7) is 4.55. The molecule has 0 saturated heterocycles. The molecule has 0 heterocycles. The molecule has 0 radical (unpaired) electrons. The lowest BCUT2D eigenvalue weighted by Gasteiger charge is -2.09. The quantitative estimate of drug-likeness (QED) is 0.390. The van der Waals surface area contributed by atoms with Crippen LogP contribution < -0.4 is 10.2 Å². The fraction of sp³-hybridized carbons (Fsp3) is 0.167. The van der Waals surface area contributed by atoms with Crippen LogP contribution in [0.15, 0.2) is 76.3 Å². The summed E-state index contributed by atoms with van der Waals surface area (Å²) in [6, 6.07) is 21.8. The number of rotatable bonds is 7. The number of nitrogens with zero attached hydrogens (tertiary/aromatic N) is 1. The Morgan fingerprint density at radius 3 is 2.59 bits per heavy atom. The van der Waals surface area contributed by atoms with Gasteiger partial charge in [0.25, 0.3) is 0 Å². The van der Waals surface area contributed by atoms with Crippen molar-refractivity contribution in [3.63, 3.8) is 0 Å². The molecule has 0 aliphatic rings. The Hall–Kier alpha value is -2.92. The minimum absolute atomic E-state index is 0.143. The molecule has 3 aromatic carbocycles. The molecule has 0 bridgehead atoms. The number of hydrogen-bond acceptors (Lipinski definition) is 3. The minimum Gasteiger partial charge on any atom is -0.488 e. The monoisotopic (exact) mass is 450 g/mol. The zero-order chi connectivity index (χ0) is 20.6. The van der Waals surface area contributed by atoms with Gasteiger partial charge in [0.1, 0.15) is 12.4 Å². The maximum absolute atomic E-state index is 12.1. The third kappa shape index (κ3) is 6.29. The molecular formula is C24H23BrN2O2. The van der Waals surface area contributed by atoms with Crippen LogP contribution >= 0.6 is 15.9 Å². The molecule has 0 fully saturated rings. The van der Waals surface area contributed by atoms with Gasteiger partial charge in [-0.3, -0.25) is 4.79 Å². The highest BCUT2D eigenvalue weighted by atomic mass is 79.9. The van der Waals surface area contributed by atoms with Crippen LogP contribution in [0.1, 0.15) is 27.8 Å². The zero-order valence-corrected chi connectivity index (χ0v) is 18.1. The van der Waals surface area contributed by atoms with Gasteiger partial charge >= 0.3 is 0 Å². The van der Waals surface area contributed by atoms with Crippen molar-refractivity contribution >= 4 is 28.1 Å². The SMILES string of the molecule is Cc1ccc(CC(=O)N/N=C/c2ccc(OCc3ccccc3)c(Br)c2)c(C)c1. The summed E-state index contributed by atoms with van der Waals surface area (Å²) in [5.41, 5.74) is 7.85. The fourth-order valence-electron chi connectivity index (χ4n) is 2.89. The Morgan fingerprint density at radius 2 is 1.86 bits per heavy atom. The molecule has 0 unspecified atom stereocenters. The van der Waals surface area contributed by atoms with E-state index in [0.717, 1.165) is 32.5 Å². The van der Waals surface area contributed by atoms with Crippen molar-refractivity contribution in [1.82, 2.24) is 5.43 Å². The number of ether oxygens (including phenoxy) is 1.